The lowest BCUT2D eigenvalue weighted by Gasteiger charge is -2.14. The number of aromatic hydroxyl groups is 2. The fourth-order valence-electron chi connectivity index (χ4n) is 5.03. The van der Waals surface area contributed by atoms with Crippen LogP contribution in [-0.4, -0.2) is 16.2 Å². The highest BCUT2D eigenvalue weighted by molar-refractivity contribution is 6.32. The number of ether oxygens (including phenoxy) is 1. The largest absolute Gasteiger partial charge is 0.508 e. The molecule has 0 saturated heterocycles. The summed E-state index contributed by atoms with van der Waals surface area (Å²) < 4.78 is 5.78. The highest BCUT2D eigenvalue weighted by Gasteiger charge is 2.14. The third-order valence-corrected chi connectivity index (χ3v) is 7.96. The van der Waals surface area contributed by atoms with E-state index in [9.17, 15) is 15.0 Å². The lowest BCUT2D eigenvalue weighted by Crippen LogP contribution is -2.07. The molecule has 0 radical (unpaired) electrons. The van der Waals surface area contributed by atoms with Crippen LogP contribution in [0.3, 0.4) is 0 Å². The molecule has 254 valence electrons. The molecule has 2 aromatic rings. The topological polar surface area (TPSA) is 66.8 Å². The maximum atomic E-state index is 12.7. The number of unbranched alkanes of at least 4 members (excludes halogenated alkanes) is 5. The first-order valence-corrected chi connectivity index (χ1v) is 17.6. The van der Waals surface area contributed by atoms with Crippen LogP contribution < -0.4 is 4.74 Å². The molecule has 0 saturated carbocycles. The van der Waals surface area contributed by atoms with Gasteiger partial charge in [-0.1, -0.05) is 157 Å². The summed E-state index contributed by atoms with van der Waals surface area (Å²) in [6.07, 6.45) is 33.9. The Morgan fingerprint density at radius 1 is 0.681 bits per heavy atom. The third-order valence-electron chi connectivity index (χ3n) is 7.65. The number of hydrogen-bond acceptors (Lipinski definition) is 4. The summed E-state index contributed by atoms with van der Waals surface area (Å²) >= 11 is 5.92. The summed E-state index contributed by atoms with van der Waals surface area (Å²) in [6, 6.07) is 8.84. The monoisotopic (exact) mass is 658 g/mol. The van der Waals surface area contributed by atoms with E-state index in [0.29, 0.717) is 23.1 Å². The number of rotatable bonds is 21. The van der Waals surface area contributed by atoms with Crippen LogP contribution in [0.2, 0.25) is 5.02 Å². The van der Waals surface area contributed by atoms with Crippen LogP contribution in [0.4, 0.5) is 0 Å². The number of phenolic OH excluding ortho intramolecular Hbond substituents is 2. The lowest BCUT2D eigenvalue weighted by atomic mass is 9.98. The van der Waals surface area contributed by atoms with Crippen molar-refractivity contribution in [3.63, 3.8) is 0 Å². The first-order valence-electron chi connectivity index (χ1n) is 17.2. The van der Waals surface area contributed by atoms with E-state index in [1.807, 2.05) is 66.8 Å². The van der Waals surface area contributed by atoms with E-state index in [-0.39, 0.29) is 11.5 Å². The van der Waals surface area contributed by atoms with E-state index in [1.54, 1.807) is 30.4 Å². The average Bonchev–Trinajstić information content (AvgIpc) is 3.01. The molecule has 4 nitrogen and oxygen atoms in total. The third kappa shape index (κ3) is 18.2. The van der Waals surface area contributed by atoms with Gasteiger partial charge in [-0.2, -0.15) is 0 Å². The van der Waals surface area contributed by atoms with E-state index in [2.05, 4.69) is 27.7 Å². The first-order chi connectivity index (χ1) is 22.7. The van der Waals surface area contributed by atoms with Crippen LogP contribution in [0.5, 0.6) is 17.2 Å². The van der Waals surface area contributed by atoms with Gasteiger partial charge in [0.2, 0.25) is 0 Å². The molecule has 0 unspecified atom stereocenters. The van der Waals surface area contributed by atoms with E-state index >= 15 is 0 Å². The Kier molecular flexibility index (Phi) is 19.7. The molecular weight excluding hydrogens is 604 g/mol. The zero-order valence-corrected chi connectivity index (χ0v) is 29.6. The molecular formula is C42H55ClO4. The van der Waals surface area contributed by atoms with Crippen molar-refractivity contribution in [2.45, 2.75) is 98.3 Å². The maximum absolute atomic E-state index is 12.7. The number of benzene rings is 2. The van der Waals surface area contributed by atoms with Crippen molar-refractivity contribution in [3.8, 4) is 17.2 Å². The van der Waals surface area contributed by atoms with Gasteiger partial charge in [-0.25, -0.2) is 4.79 Å². The van der Waals surface area contributed by atoms with E-state index in [4.69, 9.17) is 16.3 Å². The molecule has 0 spiro atoms. The molecule has 2 rings (SSSR count). The molecule has 0 aliphatic carbocycles. The summed E-state index contributed by atoms with van der Waals surface area (Å²) in [6.45, 7) is 8.97. The number of esters is 1. The predicted octanol–water partition coefficient (Wildman–Crippen LogP) is 12.1. The van der Waals surface area contributed by atoms with Gasteiger partial charge in [0.1, 0.15) is 17.2 Å². The Hall–Kier alpha value is -3.76. The van der Waals surface area contributed by atoms with Crippen LogP contribution >= 0.6 is 11.6 Å². The second kappa shape index (κ2) is 23.5. The van der Waals surface area contributed by atoms with Crippen LogP contribution in [-0.2, 0) is 17.6 Å². The summed E-state index contributed by atoms with van der Waals surface area (Å²) in [7, 11) is 0. The van der Waals surface area contributed by atoms with Crippen molar-refractivity contribution >= 4 is 23.6 Å². The van der Waals surface area contributed by atoms with Crippen LogP contribution in [0, 0.1) is 11.8 Å². The van der Waals surface area contributed by atoms with Gasteiger partial charge in [0.25, 0.3) is 0 Å². The minimum Gasteiger partial charge on any atom is -0.508 e. The second-order valence-corrected chi connectivity index (χ2v) is 13.2. The highest BCUT2D eigenvalue weighted by atomic mass is 35.5. The van der Waals surface area contributed by atoms with E-state index in [0.717, 1.165) is 54.7 Å². The molecule has 0 bridgehead atoms. The van der Waals surface area contributed by atoms with Crippen molar-refractivity contribution in [2.75, 3.05) is 0 Å². The molecule has 0 fully saturated rings. The normalized spacial score (nSPS) is 12.6. The van der Waals surface area contributed by atoms with E-state index < -0.39 is 5.97 Å². The smallest absolute Gasteiger partial charge is 0.336 e. The Morgan fingerprint density at radius 3 is 1.89 bits per heavy atom. The van der Waals surface area contributed by atoms with Gasteiger partial charge in [0.05, 0.1) is 5.02 Å². The molecule has 0 aliphatic rings. The quantitative estimate of drug-likeness (QED) is 0.0460. The summed E-state index contributed by atoms with van der Waals surface area (Å²) in [5.74, 6) is 1.70. The summed E-state index contributed by atoms with van der Waals surface area (Å²) in [4.78, 5) is 12.7. The molecule has 47 heavy (non-hydrogen) atoms. The Labute approximate surface area is 288 Å². The molecule has 0 atom stereocenters. The minimum atomic E-state index is -0.462. The lowest BCUT2D eigenvalue weighted by molar-refractivity contribution is -0.129. The number of phenols is 2. The van der Waals surface area contributed by atoms with Gasteiger partial charge in [-0.15, -0.1) is 0 Å². The molecule has 0 amide bonds. The fraction of sp³-hybridized carbons (Fsp3) is 0.405. The van der Waals surface area contributed by atoms with Gasteiger partial charge in [0, 0.05) is 11.6 Å². The van der Waals surface area contributed by atoms with Crippen molar-refractivity contribution in [3.05, 3.63) is 119 Å². The van der Waals surface area contributed by atoms with Gasteiger partial charge >= 0.3 is 5.97 Å². The standard InChI is InChI=1S/C42H55ClO4/c1-33(2)22-17-13-11-12-15-19-26-37-40(45)31-36(25-21-23-34(3)4)32-41(37)47-42(46)27-20-16-10-8-6-5-7-9-14-18-24-35-28-29-39(44)38(43)30-35/h5-10,14,16,18,20,24,27-34,44-45H,11-13,15,17,19,21-23,25-26H2,1-4H3. The van der Waals surface area contributed by atoms with Crippen LogP contribution in [0.1, 0.15) is 102 Å². The summed E-state index contributed by atoms with van der Waals surface area (Å²) in [5.41, 5.74) is 2.62. The predicted molar refractivity (Wildman–Crippen MR) is 200 cm³/mol. The van der Waals surface area contributed by atoms with Gasteiger partial charge in [0.15, 0.2) is 0 Å². The van der Waals surface area contributed by atoms with Crippen molar-refractivity contribution in [1.29, 1.82) is 0 Å². The number of halogens is 1. The fourth-order valence-corrected chi connectivity index (χ4v) is 5.22. The van der Waals surface area contributed by atoms with Crippen LogP contribution in [0.25, 0.3) is 6.08 Å². The number of allylic oxidation sites excluding steroid dienone is 10. The van der Waals surface area contributed by atoms with Crippen molar-refractivity contribution in [2.24, 2.45) is 11.8 Å². The SMILES string of the molecule is CC(C)CCCCCCCCc1c(O)cc(CCCC(C)C)cc1OC(=O)C=CC=CC=CC=CC=CC=Cc1ccc(O)c(Cl)c1. The molecule has 0 aliphatic heterocycles. The van der Waals surface area contributed by atoms with E-state index in [1.165, 1.54) is 38.2 Å². The minimum absolute atomic E-state index is 0.0706. The number of carbonyl (C=O) groups is 1. The number of hydrogen-bond donors (Lipinski definition) is 2. The zero-order valence-electron chi connectivity index (χ0n) is 28.8. The maximum Gasteiger partial charge on any atom is 0.336 e. The molecule has 5 heteroatoms. The van der Waals surface area contributed by atoms with Crippen molar-refractivity contribution in [1.82, 2.24) is 0 Å². The number of carbonyl (C=O) groups excluding carboxylic acids is 1. The Balaban J connectivity index is 1.88. The second-order valence-electron chi connectivity index (χ2n) is 12.8. The molecule has 2 N–H and O–H groups in total. The highest BCUT2D eigenvalue weighted by Crippen LogP contribution is 2.33. The molecule has 2 aromatic carbocycles. The Morgan fingerprint density at radius 2 is 1.26 bits per heavy atom. The van der Waals surface area contributed by atoms with Gasteiger partial charge in [-0.3, -0.25) is 0 Å². The molecule has 0 aromatic heterocycles. The summed E-state index contributed by atoms with van der Waals surface area (Å²) in [5, 5.41) is 20.7. The van der Waals surface area contributed by atoms with Gasteiger partial charge in [-0.05, 0) is 72.9 Å². The zero-order chi connectivity index (χ0) is 34.3. The average molecular weight is 659 g/mol. The van der Waals surface area contributed by atoms with Gasteiger partial charge < -0.3 is 14.9 Å². The molecule has 0 heterocycles. The van der Waals surface area contributed by atoms with Crippen LogP contribution in [0.15, 0.2) is 97.2 Å². The van der Waals surface area contributed by atoms with Crippen molar-refractivity contribution < 1.29 is 19.7 Å². The first kappa shape index (κ1) is 39.4. The Bertz CT molecular complexity index is 1390. The number of aryl methyl sites for hydroxylation is 1.